The third kappa shape index (κ3) is 5.69. The lowest BCUT2D eigenvalue weighted by atomic mass is 10.0. The highest BCUT2D eigenvalue weighted by Crippen LogP contribution is 2.32. The number of urea groups is 1. The predicted octanol–water partition coefficient (Wildman–Crippen LogP) is 2.90. The molecule has 1 atom stereocenters. The third-order valence-electron chi connectivity index (χ3n) is 6.37. The summed E-state index contributed by atoms with van der Waals surface area (Å²) >= 11 is 0. The Kier molecular flexibility index (Phi) is 8.27. The van der Waals surface area contributed by atoms with Crippen LogP contribution in [0.15, 0.2) is 18.3 Å². The van der Waals surface area contributed by atoms with Gasteiger partial charge in [-0.25, -0.2) is 19.2 Å². The molecule has 2 aromatic heterocycles. The summed E-state index contributed by atoms with van der Waals surface area (Å²) in [6, 6.07) is 4.07. The molecule has 0 radical (unpaired) electrons. The van der Waals surface area contributed by atoms with Gasteiger partial charge in [-0.2, -0.15) is 5.26 Å². The van der Waals surface area contributed by atoms with Gasteiger partial charge in [0.05, 0.1) is 6.20 Å². The van der Waals surface area contributed by atoms with Crippen LogP contribution in [-0.4, -0.2) is 67.3 Å². The number of carbonyl (C=O) groups is 2. The standard InChI is InChI=1S/C25H29FN6O5/c1-31(23(33)19-7-5-9-37-19)14-16-10-15-6-4-8-32(22(15)30-21(16)24(35-2)36-3)25(34)29-20-11-18(26)17(12-27)13-28-20/h10-11,13,19,24H,4-9,14H2,1-3H3,(H,28,29,34)/t19-/m0/s1. The smallest absolute Gasteiger partial charge is 0.328 e. The van der Waals surface area contributed by atoms with Crippen molar-refractivity contribution in [3.05, 3.63) is 46.5 Å². The van der Waals surface area contributed by atoms with Crippen LogP contribution < -0.4 is 10.2 Å². The number of nitrogens with zero attached hydrogens (tertiary/aromatic N) is 5. The molecule has 0 bridgehead atoms. The number of methoxy groups -OCH3 is 2. The molecule has 1 fully saturated rings. The van der Waals surface area contributed by atoms with E-state index >= 15 is 0 Å². The minimum Gasteiger partial charge on any atom is -0.368 e. The Morgan fingerprint density at radius 1 is 1.35 bits per heavy atom. The lowest BCUT2D eigenvalue weighted by Gasteiger charge is -2.31. The van der Waals surface area contributed by atoms with E-state index in [0.29, 0.717) is 43.9 Å². The molecular formula is C25H29FN6O5. The van der Waals surface area contributed by atoms with Gasteiger partial charge in [0, 0.05) is 47.0 Å². The molecule has 37 heavy (non-hydrogen) atoms. The number of nitriles is 1. The number of carbonyl (C=O) groups excluding carboxylic acids is 2. The Morgan fingerprint density at radius 2 is 2.14 bits per heavy atom. The molecule has 0 unspecified atom stereocenters. The van der Waals surface area contributed by atoms with Gasteiger partial charge in [0.15, 0.2) is 0 Å². The molecule has 4 heterocycles. The van der Waals surface area contributed by atoms with E-state index in [9.17, 15) is 14.0 Å². The van der Waals surface area contributed by atoms with E-state index in [1.54, 1.807) is 18.0 Å². The van der Waals surface area contributed by atoms with Crippen LogP contribution in [0.5, 0.6) is 0 Å². The number of hydrogen-bond acceptors (Lipinski definition) is 8. The number of halogens is 1. The van der Waals surface area contributed by atoms with Crippen LogP contribution in [0, 0.1) is 17.1 Å². The molecule has 2 aliphatic heterocycles. The molecule has 0 aromatic carbocycles. The quantitative estimate of drug-likeness (QED) is 0.561. The second-order valence-electron chi connectivity index (χ2n) is 8.86. The van der Waals surface area contributed by atoms with Gasteiger partial charge in [-0.05, 0) is 42.9 Å². The van der Waals surface area contributed by atoms with Crippen molar-refractivity contribution in [3.63, 3.8) is 0 Å². The SMILES string of the molecule is COC(OC)c1nc2c(cc1CN(C)C(=O)[C@@H]1CCCO1)CCCN2C(=O)Nc1cc(F)c(C#N)cn1. The number of amides is 3. The number of anilines is 2. The van der Waals surface area contributed by atoms with Gasteiger partial charge in [-0.3, -0.25) is 15.0 Å². The molecule has 1 saturated heterocycles. The van der Waals surface area contributed by atoms with Gasteiger partial charge >= 0.3 is 6.03 Å². The van der Waals surface area contributed by atoms with Crippen LogP contribution in [0.3, 0.4) is 0 Å². The van der Waals surface area contributed by atoms with E-state index in [-0.39, 0.29) is 23.8 Å². The van der Waals surface area contributed by atoms with Crippen molar-refractivity contribution in [2.45, 2.75) is 44.6 Å². The van der Waals surface area contributed by atoms with Crippen LogP contribution in [-0.2, 0) is 32.0 Å². The molecule has 0 aliphatic carbocycles. The number of rotatable bonds is 7. The average Bonchev–Trinajstić information content (AvgIpc) is 3.44. The van der Waals surface area contributed by atoms with E-state index in [2.05, 4.69) is 10.3 Å². The molecule has 3 amide bonds. The van der Waals surface area contributed by atoms with E-state index in [1.165, 1.54) is 19.1 Å². The zero-order valence-corrected chi connectivity index (χ0v) is 21.0. The molecule has 2 aliphatic rings. The fourth-order valence-corrected chi connectivity index (χ4v) is 4.52. The van der Waals surface area contributed by atoms with Gasteiger partial charge < -0.3 is 19.1 Å². The summed E-state index contributed by atoms with van der Waals surface area (Å²) in [7, 11) is 4.68. The maximum Gasteiger partial charge on any atom is 0.328 e. The Hall–Kier alpha value is -3.66. The number of pyridine rings is 2. The first-order chi connectivity index (χ1) is 17.9. The van der Waals surface area contributed by atoms with Crippen LogP contribution in [0.2, 0.25) is 0 Å². The minimum absolute atomic E-state index is 0.0219. The maximum atomic E-state index is 14.0. The molecule has 11 nitrogen and oxygen atoms in total. The second-order valence-corrected chi connectivity index (χ2v) is 8.86. The number of aryl methyl sites for hydroxylation is 1. The third-order valence-corrected chi connectivity index (χ3v) is 6.37. The summed E-state index contributed by atoms with van der Waals surface area (Å²) in [5.74, 6) is -0.479. The lowest BCUT2D eigenvalue weighted by Crippen LogP contribution is -2.40. The fraction of sp³-hybridized carbons (Fsp3) is 0.480. The summed E-state index contributed by atoms with van der Waals surface area (Å²) in [4.78, 5) is 37.7. The van der Waals surface area contributed by atoms with Crippen molar-refractivity contribution in [3.8, 4) is 6.07 Å². The molecule has 0 spiro atoms. The molecule has 196 valence electrons. The van der Waals surface area contributed by atoms with Crippen molar-refractivity contribution in [2.75, 3.05) is 44.6 Å². The summed E-state index contributed by atoms with van der Waals surface area (Å²) in [6.45, 7) is 1.22. The topological polar surface area (TPSA) is 130 Å². The van der Waals surface area contributed by atoms with Crippen LogP contribution >= 0.6 is 0 Å². The first-order valence-corrected chi connectivity index (χ1v) is 11.9. The number of nitrogens with one attached hydrogen (secondary N) is 1. The van der Waals surface area contributed by atoms with Crippen molar-refractivity contribution < 1.29 is 28.2 Å². The van der Waals surface area contributed by atoms with E-state index in [0.717, 1.165) is 29.8 Å². The lowest BCUT2D eigenvalue weighted by molar-refractivity contribution is -0.140. The van der Waals surface area contributed by atoms with Crippen LogP contribution in [0.4, 0.5) is 20.8 Å². The number of aromatic nitrogens is 2. The van der Waals surface area contributed by atoms with Crippen molar-refractivity contribution in [2.24, 2.45) is 0 Å². The van der Waals surface area contributed by atoms with Crippen molar-refractivity contribution >= 4 is 23.6 Å². The number of ether oxygens (including phenoxy) is 3. The number of hydrogen-bond donors (Lipinski definition) is 1. The minimum atomic E-state index is -0.826. The van der Waals surface area contributed by atoms with Crippen molar-refractivity contribution in [1.29, 1.82) is 5.26 Å². The van der Waals surface area contributed by atoms with Crippen LogP contribution in [0.1, 0.15) is 47.9 Å². The van der Waals surface area contributed by atoms with E-state index in [4.69, 9.17) is 24.5 Å². The molecule has 2 aromatic rings. The zero-order chi connectivity index (χ0) is 26.5. The first-order valence-electron chi connectivity index (χ1n) is 11.9. The number of fused-ring (bicyclic) bond motifs is 1. The van der Waals surface area contributed by atoms with Crippen molar-refractivity contribution in [1.82, 2.24) is 14.9 Å². The van der Waals surface area contributed by atoms with E-state index in [1.807, 2.05) is 6.07 Å². The monoisotopic (exact) mass is 512 g/mol. The van der Waals surface area contributed by atoms with Gasteiger partial charge in [0.25, 0.3) is 5.91 Å². The molecule has 0 saturated carbocycles. The molecule has 12 heteroatoms. The summed E-state index contributed by atoms with van der Waals surface area (Å²) in [5, 5.41) is 11.5. The highest BCUT2D eigenvalue weighted by molar-refractivity contribution is 6.01. The maximum absolute atomic E-state index is 14.0. The average molecular weight is 513 g/mol. The number of likely N-dealkylation sites (N-methyl/N-ethyl adjacent to an activating group) is 1. The Balaban J connectivity index is 1.62. The van der Waals surface area contributed by atoms with Gasteiger partial charge in [0.1, 0.15) is 40.9 Å². The molecule has 1 N–H and O–H groups in total. The van der Waals surface area contributed by atoms with Crippen LogP contribution in [0.25, 0.3) is 0 Å². The largest absolute Gasteiger partial charge is 0.368 e. The Bertz CT molecular complexity index is 1210. The second kappa shape index (κ2) is 11.6. The summed E-state index contributed by atoms with van der Waals surface area (Å²) in [6.07, 6.45) is 2.70. The molecular weight excluding hydrogens is 483 g/mol. The van der Waals surface area contributed by atoms with E-state index < -0.39 is 24.2 Å². The Morgan fingerprint density at radius 3 is 2.78 bits per heavy atom. The fourth-order valence-electron chi connectivity index (χ4n) is 4.52. The van der Waals surface area contributed by atoms with Gasteiger partial charge in [-0.1, -0.05) is 0 Å². The predicted molar refractivity (Wildman–Crippen MR) is 130 cm³/mol. The Labute approximate surface area is 214 Å². The highest BCUT2D eigenvalue weighted by Gasteiger charge is 2.31. The highest BCUT2D eigenvalue weighted by atomic mass is 19.1. The van der Waals surface area contributed by atoms with Gasteiger partial charge in [-0.15, -0.1) is 0 Å². The van der Waals surface area contributed by atoms with Gasteiger partial charge in [0.2, 0.25) is 6.29 Å². The normalized spacial score (nSPS) is 16.9. The zero-order valence-electron chi connectivity index (χ0n) is 21.0. The summed E-state index contributed by atoms with van der Waals surface area (Å²) < 4.78 is 30.5. The summed E-state index contributed by atoms with van der Waals surface area (Å²) in [5.41, 5.74) is 1.79. The molecule has 4 rings (SSSR count). The first kappa shape index (κ1) is 26.4.